The van der Waals surface area contributed by atoms with E-state index in [-0.39, 0.29) is 36.9 Å². The summed E-state index contributed by atoms with van der Waals surface area (Å²) in [5.74, 6) is -0.658. The van der Waals surface area contributed by atoms with Crippen LogP contribution in [0.4, 0.5) is 4.79 Å². The highest BCUT2D eigenvalue weighted by Gasteiger charge is 2.25. The number of aliphatic carboxylic acids is 1. The van der Waals surface area contributed by atoms with Crippen LogP contribution in [0.5, 0.6) is 0 Å². The Hall–Kier alpha value is -2.12. The molecule has 0 aromatic heterocycles. The summed E-state index contributed by atoms with van der Waals surface area (Å²) < 4.78 is 5.34. The molecule has 26 heavy (non-hydrogen) atoms. The van der Waals surface area contributed by atoms with Gasteiger partial charge in [-0.2, -0.15) is 0 Å². The third kappa shape index (κ3) is 7.01. The molecule has 1 aromatic rings. The largest absolute Gasteiger partial charge is 0.481 e. The predicted octanol–water partition coefficient (Wildman–Crippen LogP) is 1.41. The van der Waals surface area contributed by atoms with E-state index in [1.807, 2.05) is 30.3 Å². The van der Waals surface area contributed by atoms with E-state index in [1.165, 1.54) is 0 Å². The van der Waals surface area contributed by atoms with Crippen LogP contribution in [0.25, 0.3) is 0 Å². The average molecular weight is 364 g/mol. The van der Waals surface area contributed by atoms with Gasteiger partial charge in [0, 0.05) is 44.7 Å². The van der Waals surface area contributed by atoms with Crippen LogP contribution in [0.2, 0.25) is 0 Å². The number of carbonyl (C=O) groups excluding carboxylic acids is 1. The van der Waals surface area contributed by atoms with Crippen LogP contribution in [-0.2, 0) is 16.0 Å². The first-order valence-corrected chi connectivity index (χ1v) is 9.07. The molecule has 0 aliphatic carbocycles. The standard InChI is InChI=1S/C19H28N2O5/c22-12-16(15-8-9-26-13-15)11-20-19(25)21-17(6-7-18(23)24)10-14-4-2-1-3-5-14/h1-5,15-17,22H,6-13H2,(H,23,24)(H2,20,21,25). The first-order chi connectivity index (χ1) is 12.6. The fourth-order valence-corrected chi connectivity index (χ4v) is 3.19. The van der Waals surface area contributed by atoms with Crippen molar-refractivity contribution in [2.45, 2.75) is 31.7 Å². The van der Waals surface area contributed by atoms with Crippen LogP contribution in [0.1, 0.15) is 24.8 Å². The van der Waals surface area contributed by atoms with Crippen molar-refractivity contribution < 1.29 is 24.5 Å². The van der Waals surface area contributed by atoms with Crippen molar-refractivity contribution in [3.63, 3.8) is 0 Å². The second-order valence-corrected chi connectivity index (χ2v) is 6.74. The molecular weight excluding hydrogens is 336 g/mol. The molecule has 1 fully saturated rings. The van der Waals surface area contributed by atoms with Crippen LogP contribution in [0.15, 0.2) is 30.3 Å². The van der Waals surface area contributed by atoms with Crippen molar-refractivity contribution in [2.75, 3.05) is 26.4 Å². The number of hydrogen-bond acceptors (Lipinski definition) is 4. The lowest BCUT2D eigenvalue weighted by molar-refractivity contribution is -0.137. The molecule has 4 N–H and O–H groups in total. The minimum atomic E-state index is -0.883. The Kier molecular flexibility index (Phi) is 8.37. The van der Waals surface area contributed by atoms with Crippen molar-refractivity contribution in [2.24, 2.45) is 11.8 Å². The fourth-order valence-electron chi connectivity index (χ4n) is 3.19. The van der Waals surface area contributed by atoms with Gasteiger partial charge in [-0.1, -0.05) is 30.3 Å². The van der Waals surface area contributed by atoms with E-state index < -0.39 is 5.97 Å². The number of aliphatic hydroxyl groups excluding tert-OH is 1. The summed E-state index contributed by atoms with van der Waals surface area (Å²) in [6.45, 7) is 1.68. The summed E-state index contributed by atoms with van der Waals surface area (Å²) in [5.41, 5.74) is 1.04. The van der Waals surface area contributed by atoms with E-state index >= 15 is 0 Å². The quantitative estimate of drug-likeness (QED) is 0.502. The van der Waals surface area contributed by atoms with Crippen molar-refractivity contribution >= 4 is 12.0 Å². The van der Waals surface area contributed by atoms with Crippen LogP contribution < -0.4 is 10.6 Å². The zero-order valence-corrected chi connectivity index (χ0v) is 14.9. The summed E-state index contributed by atoms with van der Waals surface area (Å²) >= 11 is 0. The molecule has 1 heterocycles. The highest BCUT2D eigenvalue weighted by molar-refractivity contribution is 5.74. The molecule has 0 radical (unpaired) electrons. The van der Waals surface area contributed by atoms with E-state index in [0.717, 1.165) is 12.0 Å². The van der Waals surface area contributed by atoms with Crippen LogP contribution in [-0.4, -0.2) is 54.6 Å². The van der Waals surface area contributed by atoms with E-state index in [1.54, 1.807) is 0 Å². The number of carboxylic acids is 1. The van der Waals surface area contributed by atoms with Crippen molar-refractivity contribution in [3.05, 3.63) is 35.9 Å². The molecule has 2 amide bonds. The molecule has 3 atom stereocenters. The molecule has 0 saturated carbocycles. The number of nitrogens with one attached hydrogen (secondary N) is 2. The number of amides is 2. The van der Waals surface area contributed by atoms with Crippen molar-refractivity contribution in [1.82, 2.24) is 10.6 Å². The lowest BCUT2D eigenvalue weighted by Gasteiger charge is -2.22. The van der Waals surface area contributed by atoms with Gasteiger partial charge in [-0.25, -0.2) is 4.79 Å². The molecule has 0 bridgehead atoms. The smallest absolute Gasteiger partial charge is 0.315 e. The van der Waals surface area contributed by atoms with Crippen molar-refractivity contribution in [3.8, 4) is 0 Å². The number of rotatable bonds is 10. The Balaban J connectivity index is 1.84. The lowest BCUT2D eigenvalue weighted by Crippen LogP contribution is -2.46. The van der Waals surface area contributed by atoms with Gasteiger partial charge in [0.15, 0.2) is 0 Å². The maximum Gasteiger partial charge on any atom is 0.315 e. The van der Waals surface area contributed by atoms with Gasteiger partial charge in [0.1, 0.15) is 0 Å². The number of urea groups is 1. The van der Waals surface area contributed by atoms with Gasteiger partial charge >= 0.3 is 12.0 Å². The molecule has 7 nitrogen and oxygen atoms in total. The van der Waals surface area contributed by atoms with Gasteiger partial charge < -0.3 is 25.6 Å². The number of carboxylic acid groups (broad SMARTS) is 1. The van der Waals surface area contributed by atoms with Crippen molar-refractivity contribution in [1.29, 1.82) is 0 Å². The Bertz CT molecular complexity index is 560. The monoisotopic (exact) mass is 364 g/mol. The normalized spacial score (nSPS) is 18.9. The molecule has 3 unspecified atom stereocenters. The van der Waals surface area contributed by atoms with Gasteiger partial charge in [0.05, 0.1) is 0 Å². The number of ether oxygens (including phenoxy) is 1. The predicted molar refractivity (Wildman–Crippen MR) is 96.8 cm³/mol. The van der Waals surface area contributed by atoms with E-state index in [4.69, 9.17) is 9.84 Å². The molecule has 144 valence electrons. The van der Waals surface area contributed by atoms with Crippen LogP contribution in [0.3, 0.4) is 0 Å². The summed E-state index contributed by atoms with van der Waals surface area (Å²) in [4.78, 5) is 23.1. The SMILES string of the molecule is O=C(O)CCC(Cc1ccccc1)NC(=O)NCC(CO)C1CCOC1. The zero-order chi connectivity index (χ0) is 18.8. The van der Waals surface area contributed by atoms with Gasteiger partial charge in [-0.3, -0.25) is 4.79 Å². The Morgan fingerprint density at radius 2 is 2.04 bits per heavy atom. The lowest BCUT2D eigenvalue weighted by atomic mass is 9.92. The zero-order valence-electron chi connectivity index (χ0n) is 14.9. The maximum absolute atomic E-state index is 12.2. The summed E-state index contributed by atoms with van der Waals surface area (Å²) in [6, 6.07) is 9.05. The fraction of sp³-hybridized carbons (Fsp3) is 0.579. The van der Waals surface area contributed by atoms with E-state index in [0.29, 0.717) is 32.6 Å². The topological polar surface area (TPSA) is 108 Å². The number of hydrogen-bond donors (Lipinski definition) is 4. The minimum absolute atomic E-state index is 0.000759. The molecular formula is C19H28N2O5. The third-order valence-corrected chi connectivity index (χ3v) is 4.76. The summed E-state index contributed by atoms with van der Waals surface area (Å²) in [7, 11) is 0. The molecule has 1 saturated heterocycles. The molecule has 1 aliphatic heterocycles. The number of carbonyl (C=O) groups is 2. The van der Waals surface area contributed by atoms with Crippen LogP contribution in [0, 0.1) is 11.8 Å². The second kappa shape index (κ2) is 10.8. The highest BCUT2D eigenvalue weighted by Crippen LogP contribution is 2.21. The molecule has 1 aliphatic rings. The van der Waals surface area contributed by atoms with Crippen LogP contribution >= 0.6 is 0 Å². The Morgan fingerprint density at radius 1 is 1.27 bits per heavy atom. The number of benzene rings is 1. The molecule has 1 aromatic carbocycles. The van der Waals surface area contributed by atoms with Gasteiger partial charge in [-0.05, 0) is 30.7 Å². The highest BCUT2D eigenvalue weighted by atomic mass is 16.5. The minimum Gasteiger partial charge on any atom is -0.481 e. The molecule has 7 heteroatoms. The van der Waals surface area contributed by atoms with Gasteiger partial charge in [-0.15, -0.1) is 0 Å². The van der Waals surface area contributed by atoms with Gasteiger partial charge in [0.2, 0.25) is 0 Å². The first kappa shape index (κ1) is 20.2. The molecule has 2 rings (SSSR count). The second-order valence-electron chi connectivity index (χ2n) is 6.74. The molecule has 0 spiro atoms. The maximum atomic E-state index is 12.2. The Labute approximate surface area is 153 Å². The number of aliphatic hydroxyl groups is 1. The van der Waals surface area contributed by atoms with Gasteiger partial charge in [0.25, 0.3) is 0 Å². The Morgan fingerprint density at radius 3 is 2.65 bits per heavy atom. The summed E-state index contributed by atoms with van der Waals surface area (Å²) in [5, 5.41) is 24.1. The van der Waals surface area contributed by atoms with E-state index in [9.17, 15) is 14.7 Å². The third-order valence-electron chi connectivity index (χ3n) is 4.76. The van der Waals surface area contributed by atoms with E-state index in [2.05, 4.69) is 10.6 Å². The average Bonchev–Trinajstić information content (AvgIpc) is 3.15. The first-order valence-electron chi connectivity index (χ1n) is 9.07. The summed E-state index contributed by atoms with van der Waals surface area (Å²) in [6.07, 6.45) is 1.82.